The third-order valence-electron chi connectivity index (χ3n) is 5.05. The summed E-state index contributed by atoms with van der Waals surface area (Å²) < 4.78 is 7.45. The number of nitrogens with zero attached hydrogens (tertiary/aromatic N) is 3. The number of aliphatic imine (C=N–C) groups is 1. The molecule has 0 fully saturated rings. The molecule has 1 amide bonds. The first-order valence-corrected chi connectivity index (χ1v) is 11.5. The van der Waals surface area contributed by atoms with Gasteiger partial charge >= 0.3 is 5.97 Å². The number of rotatable bonds is 8. The number of benzene rings is 1. The average molecular weight is 431 g/mol. The van der Waals surface area contributed by atoms with Crippen molar-refractivity contribution in [1.82, 2.24) is 9.55 Å². The van der Waals surface area contributed by atoms with Crippen molar-refractivity contribution in [2.75, 3.05) is 11.9 Å². The number of ether oxygens (including phenoxy) is 1. The standard InChI is InChI=1S/C22H30N4O3S/c1-5-7-8-9-14(3)29-20(28)16-10-11-19-18(12-16)25-21(24-15(4)27)26(19)22-23-13-17(6-2)30-22/h10-12,14,17H,5-9,13H2,1-4H3,(H,24,25,27). The summed E-state index contributed by atoms with van der Waals surface area (Å²) in [5, 5.41) is 4.02. The van der Waals surface area contributed by atoms with Crippen LogP contribution in [0.2, 0.25) is 0 Å². The lowest BCUT2D eigenvalue weighted by atomic mass is 10.1. The maximum atomic E-state index is 12.6. The van der Waals surface area contributed by atoms with E-state index in [1.165, 1.54) is 6.92 Å². The third-order valence-corrected chi connectivity index (χ3v) is 6.39. The lowest BCUT2D eigenvalue weighted by Gasteiger charge is -2.13. The second-order valence-electron chi connectivity index (χ2n) is 7.64. The fourth-order valence-corrected chi connectivity index (χ4v) is 4.43. The number of aromatic nitrogens is 2. The van der Waals surface area contributed by atoms with E-state index in [-0.39, 0.29) is 18.0 Å². The summed E-state index contributed by atoms with van der Waals surface area (Å²) in [6.45, 7) is 8.41. The lowest BCUT2D eigenvalue weighted by Crippen LogP contribution is -2.16. The minimum absolute atomic E-state index is 0.123. The van der Waals surface area contributed by atoms with Crippen LogP contribution in [0, 0.1) is 0 Å². The van der Waals surface area contributed by atoms with E-state index < -0.39 is 0 Å². The maximum Gasteiger partial charge on any atom is 0.338 e. The van der Waals surface area contributed by atoms with E-state index in [0.29, 0.717) is 22.3 Å². The molecule has 2 heterocycles. The minimum atomic E-state index is -0.352. The number of anilines is 1. The van der Waals surface area contributed by atoms with Crippen LogP contribution in [0.3, 0.4) is 0 Å². The summed E-state index contributed by atoms with van der Waals surface area (Å²) in [5.74, 6) is -0.142. The molecule has 0 bridgehead atoms. The highest BCUT2D eigenvalue weighted by Gasteiger charge is 2.25. The summed E-state index contributed by atoms with van der Waals surface area (Å²) in [5.41, 5.74) is 1.88. The Hall–Kier alpha value is -2.35. The molecule has 0 spiro atoms. The maximum absolute atomic E-state index is 12.6. The highest BCUT2D eigenvalue weighted by atomic mass is 32.2. The minimum Gasteiger partial charge on any atom is -0.459 e. The number of unbranched alkanes of at least 4 members (excludes halogenated alkanes) is 2. The van der Waals surface area contributed by atoms with Gasteiger partial charge in [0.15, 0.2) is 5.17 Å². The van der Waals surface area contributed by atoms with Crippen LogP contribution in [-0.2, 0) is 9.53 Å². The van der Waals surface area contributed by atoms with Crippen LogP contribution in [0.25, 0.3) is 11.0 Å². The molecule has 30 heavy (non-hydrogen) atoms. The van der Waals surface area contributed by atoms with Gasteiger partial charge in [-0.1, -0.05) is 38.5 Å². The van der Waals surface area contributed by atoms with Crippen molar-refractivity contribution in [3.63, 3.8) is 0 Å². The Bertz CT molecular complexity index is 953. The van der Waals surface area contributed by atoms with Crippen molar-refractivity contribution in [3.8, 4) is 0 Å². The first-order valence-electron chi connectivity index (χ1n) is 10.7. The molecule has 1 aromatic heterocycles. The average Bonchev–Trinajstić information content (AvgIpc) is 3.30. The van der Waals surface area contributed by atoms with Gasteiger partial charge in [-0.2, -0.15) is 0 Å². The van der Waals surface area contributed by atoms with Gasteiger partial charge in [-0.3, -0.25) is 19.7 Å². The van der Waals surface area contributed by atoms with Crippen molar-refractivity contribution in [1.29, 1.82) is 0 Å². The number of amides is 1. The Balaban J connectivity index is 1.86. The number of thioether (sulfide) groups is 1. The molecule has 0 saturated heterocycles. The van der Waals surface area contributed by atoms with Crippen LogP contribution in [0.4, 0.5) is 5.95 Å². The predicted octanol–water partition coefficient (Wildman–Crippen LogP) is 4.85. The summed E-state index contributed by atoms with van der Waals surface area (Å²) >= 11 is 1.68. The fraction of sp³-hybridized carbons (Fsp3) is 0.545. The van der Waals surface area contributed by atoms with Gasteiger partial charge in [-0.05, 0) is 44.4 Å². The Morgan fingerprint density at radius 3 is 2.80 bits per heavy atom. The highest BCUT2D eigenvalue weighted by molar-refractivity contribution is 8.14. The van der Waals surface area contributed by atoms with Crippen molar-refractivity contribution in [2.45, 2.75) is 71.2 Å². The molecule has 2 unspecified atom stereocenters. The molecule has 1 aliphatic heterocycles. The number of fused-ring (bicyclic) bond motifs is 1. The molecule has 1 aliphatic rings. The van der Waals surface area contributed by atoms with Crippen molar-refractivity contribution in [2.24, 2.45) is 4.99 Å². The smallest absolute Gasteiger partial charge is 0.338 e. The quantitative estimate of drug-likeness (QED) is 0.478. The van der Waals surface area contributed by atoms with E-state index in [1.54, 1.807) is 23.9 Å². The van der Waals surface area contributed by atoms with Crippen LogP contribution in [0.5, 0.6) is 0 Å². The number of carbonyl (C=O) groups is 2. The van der Waals surface area contributed by atoms with Gasteiger partial charge in [0, 0.05) is 12.2 Å². The summed E-state index contributed by atoms with van der Waals surface area (Å²) in [4.78, 5) is 33.5. The van der Waals surface area contributed by atoms with Gasteiger partial charge < -0.3 is 4.74 Å². The summed E-state index contributed by atoms with van der Waals surface area (Å²) in [6, 6.07) is 5.31. The lowest BCUT2D eigenvalue weighted by molar-refractivity contribution is -0.114. The molecule has 8 heteroatoms. The molecule has 162 valence electrons. The predicted molar refractivity (Wildman–Crippen MR) is 122 cm³/mol. The second-order valence-corrected chi connectivity index (χ2v) is 8.91. The van der Waals surface area contributed by atoms with Crippen LogP contribution in [-0.4, -0.2) is 44.5 Å². The van der Waals surface area contributed by atoms with E-state index >= 15 is 0 Å². The van der Waals surface area contributed by atoms with Crippen LogP contribution in [0.1, 0.15) is 70.2 Å². The Kier molecular flexibility index (Phi) is 7.53. The van der Waals surface area contributed by atoms with Crippen LogP contribution in [0.15, 0.2) is 23.2 Å². The molecule has 0 saturated carbocycles. The zero-order valence-corrected chi connectivity index (χ0v) is 18.9. The van der Waals surface area contributed by atoms with E-state index in [2.05, 4.69) is 29.1 Å². The number of imidazole rings is 1. The van der Waals surface area contributed by atoms with Crippen LogP contribution < -0.4 is 5.32 Å². The molecular weight excluding hydrogens is 400 g/mol. The second kappa shape index (κ2) is 10.1. The largest absolute Gasteiger partial charge is 0.459 e. The van der Waals surface area contributed by atoms with Crippen LogP contribution >= 0.6 is 11.8 Å². The number of esters is 1. The molecule has 2 aromatic rings. The Morgan fingerprint density at radius 1 is 1.33 bits per heavy atom. The molecule has 3 rings (SSSR count). The summed E-state index contributed by atoms with van der Waals surface area (Å²) in [6.07, 6.45) is 5.08. The number of carbonyl (C=O) groups excluding carboxylic acids is 2. The monoisotopic (exact) mass is 430 g/mol. The number of nitrogens with one attached hydrogen (secondary N) is 1. The normalized spacial score (nSPS) is 17.1. The van der Waals surface area contributed by atoms with E-state index in [9.17, 15) is 9.59 Å². The van der Waals surface area contributed by atoms with E-state index in [4.69, 9.17) is 4.74 Å². The first-order chi connectivity index (χ1) is 14.4. The van der Waals surface area contributed by atoms with Gasteiger partial charge in [0.25, 0.3) is 0 Å². The Morgan fingerprint density at radius 2 is 2.13 bits per heavy atom. The molecular formula is C22H30N4O3S. The van der Waals surface area contributed by atoms with Gasteiger partial charge in [0.1, 0.15) is 0 Å². The fourth-order valence-electron chi connectivity index (χ4n) is 3.37. The molecule has 7 nitrogen and oxygen atoms in total. The van der Waals surface area contributed by atoms with Gasteiger partial charge in [0.2, 0.25) is 11.9 Å². The van der Waals surface area contributed by atoms with Crippen molar-refractivity contribution < 1.29 is 14.3 Å². The molecule has 1 N–H and O–H groups in total. The third kappa shape index (κ3) is 5.22. The van der Waals surface area contributed by atoms with E-state index in [0.717, 1.165) is 49.3 Å². The van der Waals surface area contributed by atoms with Crippen molar-refractivity contribution >= 4 is 45.8 Å². The SMILES string of the molecule is CCCCCC(C)OC(=O)c1ccc2c(c1)nc(NC(C)=O)n2C1=NCC(CC)S1. The topological polar surface area (TPSA) is 85.6 Å². The molecule has 2 atom stereocenters. The van der Waals surface area contributed by atoms with Gasteiger partial charge in [-0.25, -0.2) is 9.78 Å². The first kappa shape index (κ1) is 22.3. The van der Waals surface area contributed by atoms with Crippen molar-refractivity contribution in [3.05, 3.63) is 23.8 Å². The van der Waals surface area contributed by atoms with E-state index in [1.807, 2.05) is 17.6 Å². The van der Waals surface area contributed by atoms with Gasteiger partial charge in [0.05, 0.1) is 29.2 Å². The Labute approximate surface area is 181 Å². The number of hydrogen-bond donors (Lipinski definition) is 1. The highest BCUT2D eigenvalue weighted by Crippen LogP contribution is 2.30. The van der Waals surface area contributed by atoms with Gasteiger partial charge in [-0.15, -0.1) is 0 Å². The molecule has 0 radical (unpaired) electrons. The summed E-state index contributed by atoms with van der Waals surface area (Å²) in [7, 11) is 0. The number of hydrogen-bond acceptors (Lipinski definition) is 6. The molecule has 0 aliphatic carbocycles. The molecule has 1 aromatic carbocycles. The zero-order chi connectivity index (χ0) is 21.7. The zero-order valence-electron chi connectivity index (χ0n) is 18.1.